The quantitative estimate of drug-likeness (QED) is 0.654. The van der Waals surface area contributed by atoms with Gasteiger partial charge in [0.05, 0.1) is 18.8 Å². The van der Waals surface area contributed by atoms with E-state index in [1.807, 2.05) is 0 Å². The van der Waals surface area contributed by atoms with Crippen LogP contribution in [-0.4, -0.2) is 48.0 Å². The zero-order chi connectivity index (χ0) is 14.1. The molecule has 0 amide bonds. The first-order valence-electron chi connectivity index (χ1n) is 8.18. The van der Waals surface area contributed by atoms with Crippen molar-refractivity contribution in [2.45, 2.75) is 84.0 Å². The zero-order valence-electron chi connectivity index (χ0n) is 13.1. The van der Waals surface area contributed by atoms with Gasteiger partial charge in [-0.2, -0.15) is 0 Å². The minimum absolute atomic E-state index is 0.0202. The predicted molar refractivity (Wildman–Crippen MR) is 80.4 cm³/mol. The number of aliphatic hydroxyl groups is 1. The zero-order valence-corrected chi connectivity index (χ0v) is 13.1. The fourth-order valence-electron chi connectivity index (χ4n) is 2.72. The Morgan fingerprint density at radius 2 is 1.84 bits per heavy atom. The van der Waals surface area contributed by atoms with Gasteiger partial charge in [0.2, 0.25) is 0 Å². The maximum absolute atomic E-state index is 10.2. The maximum atomic E-state index is 10.2. The molecule has 1 rings (SSSR count). The number of nitrogens with zero attached hydrogens (tertiary/aromatic N) is 1. The summed E-state index contributed by atoms with van der Waals surface area (Å²) < 4.78 is 5.72. The molecule has 0 aliphatic carbocycles. The summed E-state index contributed by atoms with van der Waals surface area (Å²) in [5, 5.41) is 10.2. The van der Waals surface area contributed by atoms with Crippen molar-refractivity contribution in [2.24, 2.45) is 0 Å². The molecule has 3 nitrogen and oxygen atoms in total. The van der Waals surface area contributed by atoms with Gasteiger partial charge in [0.15, 0.2) is 0 Å². The average Bonchev–Trinajstić information content (AvgIpc) is 2.42. The Morgan fingerprint density at radius 3 is 2.53 bits per heavy atom. The summed E-state index contributed by atoms with van der Waals surface area (Å²) >= 11 is 0. The van der Waals surface area contributed by atoms with Crippen LogP contribution in [0.5, 0.6) is 0 Å². The van der Waals surface area contributed by atoms with Crippen LogP contribution in [0.3, 0.4) is 0 Å². The molecular weight excluding hydrogens is 238 g/mol. The van der Waals surface area contributed by atoms with Crippen molar-refractivity contribution in [3.05, 3.63) is 0 Å². The van der Waals surface area contributed by atoms with E-state index in [9.17, 15) is 5.11 Å². The smallest absolute Gasteiger partial charge is 0.0961 e. The molecule has 0 radical (unpaired) electrons. The molecule has 0 aromatic rings. The van der Waals surface area contributed by atoms with Crippen molar-refractivity contribution in [3.8, 4) is 0 Å². The van der Waals surface area contributed by atoms with E-state index in [0.29, 0.717) is 6.04 Å². The lowest BCUT2D eigenvalue weighted by molar-refractivity contribution is -0.0968. The fourth-order valence-corrected chi connectivity index (χ4v) is 2.72. The molecule has 2 atom stereocenters. The molecule has 1 fully saturated rings. The van der Waals surface area contributed by atoms with Crippen molar-refractivity contribution in [1.82, 2.24) is 4.90 Å². The van der Waals surface area contributed by atoms with Crippen LogP contribution in [0.25, 0.3) is 0 Å². The maximum Gasteiger partial charge on any atom is 0.0961 e. The molecule has 1 aliphatic heterocycles. The summed E-state index contributed by atoms with van der Waals surface area (Å²) in [5.41, 5.74) is 0. The molecule has 2 unspecified atom stereocenters. The third-order valence-corrected chi connectivity index (χ3v) is 4.14. The average molecular weight is 271 g/mol. The molecule has 1 saturated heterocycles. The van der Waals surface area contributed by atoms with Gasteiger partial charge >= 0.3 is 0 Å². The molecule has 0 aromatic heterocycles. The van der Waals surface area contributed by atoms with E-state index >= 15 is 0 Å². The van der Waals surface area contributed by atoms with Crippen LogP contribution in [0.2, 0.25) is 0 Å². The molecular formula is C16H33NO2. The summed E-state index contributed by atoms with van der Waals surface area (Å²) in [6, 6.07) is 0.549. The van der Waals surface area contributed by atoms with Crippen LogP contribution in [0, 0.1) is 0 Å². The number of ether oxygens (including phenoxy) is 1. The van der Waals surface area contributed by atoms with Crippen LogP contribution >= 0.6 is 0 Å². The molecule has 114 valence electrons. The van der Waals surface area contributed by atoms with Crippen molar-refractivity contribution >= 4 is 0 Å². The summed E-state index contributed by atoms with van der Waals surface area (Å²) in [7, 11) is 0. The Hall–Kier alpha value is -0.120. The topological polar surface area (TPSA) is 32.7 Å². The molecule has 19 heavy (non-hydrogen) atoms. The van der Waals surface area contributed by atoms with E-state index in [-0.39, 0.29) is 12.2 Å². The van der Waals surface area contributed by atoms with Gasteiger partial charge in [0.25, 0.3) is 0 Å². The standard InChI is InChI=1S/C16H33NO2/c1-4-5-6-7-8-9-10-15(18)16-13-17(14(2)3)11-12-19-16/h14-16,18H,4-13H2,1-3H3. The first kappa shape index (κ1) is 16.9. The van der Waals surface area contributed by atoms with Gasteiger partial charge in [-0.3, -0.25) is 4.90 Å². The number of aliphatic hydroxyl groups excluding tert-OH is 1. The van der Waals surface area contributed by atoms with E-state index < -0.39 is 0 Å². The third kappa shape index (κ3) is 6.73. The second-order valence-corrected chi connectivity index (χ2v) is 6.12. The van der Waals surface area contributed by atoms with Gasteiger partial charge in [-0.1, -0.05) is 45.4 Å². The number of hydrogen-bond acceptors (Lipinski definition) is 3. The fraction of sp³-hybridized carbons (Fsp3) is 1.00. The number of morpholine rings is 1. The Balaban J connectivity index is 2.12. The number of unbranched alkanes of at least 4 members (excludes halogenated alkanes) is 5. The summed E-state index contributed by atoms with van der Waals surface area (Å²) in [5.74, 6) is 0. The van der Waals surface area contributed by atoms with E-state index in [1.165, 1.54) is 32.1 Å². The highest BCUT2D eigenvalue weighted by Crippen LogP contribution is 2.16. The van der Waals surface area contributed by atoms with Crippen LogP contribution in [0.4, 0.5) is 0 Å². The lowest BCUT2D eigenvalue weighted by Crippen LogP contribution is -2.50. The van der Waals surface area contributed by atoms with E-state index in [1.54, 1.807) is 0 Å². The van der Waals surface area contributed by atoms with Gasteiger partial charge in [-0.05, 0) is 20.3 Å². The minimum atomic E-state index is -0.285. The number of hydrogen-bond donors (Lipinski definition) is 1. The van der Waals surface area contributed by atoms with Gasteiger partial charge < -0.3 is 9.84 Å². The van der Waals surface area contributed by atoms with Crippen molar-refractivity contribution in [3.63, 3.8) is 0 Å². The Labute approximate surface area is 119 Å². The largest absolute Gasteiger partial charge is 0.390 e. The van der Waals surface area contributed by atoms with Crippen LogP contribution in [0.1, 0.15) is 65.7 Å². The Morgan fingerprint density at radius 1 is 1.16 bits per heavy atom. The second-order valence-electron chi connectivity index (χ2n) is 6.12. The minimum Gasteiger partial charge on any atom is -0.390 e. The Bertz CT molecular complexity index is 221. The lowest BCUT2D eigenvalue weighted by atomic mass is 10.0. The lowest BCUT2D eigenvalue weighted by Gasteiger charge is -2.37. The van der Waals surface area contributed by atoms with Crippen molar-refractivity contribution in [1.29, 1.82) is 0 Å². The highest BCUT2D eigenvalue weighted by Gasteiger charge is 2.27. The highest BCUT2D eigenvalue weighted by molar-refractivity contribution is 4.79. The van der Waals surface area contributed by atoms with Crippen molar-refractivity contribution in [2.75, 3.05) is 19.7 Å². The van der Waals surface area contributed by atoms with Gasteiger partial charge in [-0.15, -0.1) is 0 Å². The van der Waals surface area contributed by atoms with E-state index in [4.69, 9.17) is 4.74 Å². The third-order valence-electron chi connectivity index (χ3n) is 4.14. The van der Waals surface area contributed by atoms with Crippen LogP contribution in [0.15, 0.2) is 0 Å². The summed E-state index contributed by atoms with van der Waals surface area (Å²) in [4.78, 5) is 2.40. The van der Waals surface area contributed by atoms with Gasteiger partial charge in [-0.25, -0.2) is 0 Å². The van der Waals surface area contributed by atoms with E-state index in [2.05, 4.69) is 25.7 Å². The normalized spacial score (nSPS) is 22.9. The highest BCUT2D eigenvalue weighted by atomic mass is 16.5. The Kier molecular flexibility index (Phi) is 8.67. The molecule has 3 heteroatoms. The summed E-state index contributed by atoms with van der Waals surface area (Å²) in [6.07, 6.45) is 8.30. The SMILES string of the molecule is CCCCCCCCC(O)C1CN(C(C)C)CCO1. The second kappa shape index (κ2) is 9.73. The molecule has 0 spiro atoms. The predicted octanol–water partition coefficient (Wildman–Crippen LogP) is 3.21. The molecule has 1 heterocycles. The first-order chi connectivity index (χ1) is 9.15. The number of rotatable bonds is 9. The van der Waals surface area contributed by atoms with Gasteiger partial charge in [0, 0.05) is 19.1 Å². The molecule has 1 N–H and O–H groups in total. The van der Waals surface area contributed by atoms with Crippen LogP contribution < -0.4 is 0 Å². The molecule has 0 saturated carbocycles. The van der Waals surface area contributed by atoms with E-state index in [0.717, 1.165) is 32.5 Å². The summed E-state index contributed by atoms with van der Waals surface area (Å²) in [6.45, 7) is 9.30. The first-order valence-corrected chi connectivity index (χ1v) is 8.18. The molecule has 1 aliphatic rings. The van der Waals surface area contributed by atoms with Gasteiger partial charge in [0.1, 0.15) is 0 Å². The monoisotopic (exact) mass is 271 g/mol. The molecule has 0 aromatic carbocycles. The van der Waals surface area contributed by atoms with Crippen LogP contribution in [-0.2, 0) is 4.74 Å². The van der Waals surface area contributed by atoms with Crippen molar-refractivity contribution < 1.29 is 9.84 Å². The molecule has 0 bridgehead atoms.